The van der Waals surface area contributed by atoms with Crippen molar-refractivity contribution in [2.24, 2.45) is 0 Å². The average Bonchev–Trinajstić information content (AvgIpc) is 1.79. The number of hydrogen-bond donors (Lipinski definition) is 6. The number of H-pyrrole nitrogens is 3. The molecule has 0 spiro atoms. The molecule has 0 atom stereocenters. The third-order valence-electron chi connectivity index (χ3n) is 17.2. The van der Waals surface area contributed by atoms with Gasteiger partial charge < -0.3 is 40.0 Å². The van der Waals surface area contributed by atoms with Crippen molar-refractivity contribution in [1.29, 1.82) is 0 Å². The summed E-state index contributed by atoms with van der Waals surface area (Å²) in [5, 5.41) is 22.4. The van der Waals surface area contributed by atoms with E-state index in [1.54, 1.807) is 25.8 Å². The zero-order valence-electron chi connectivity index (χ0n) is 51.3. The first-order valence-corrected chi connectivity index (χ1v) is 31.5. The van der Waals surface area contributed by atoms with Crippen LogP contribution in [-0.4, -0.2) is 106 Å². The number of ether oxygens (including phenoxy) is 2. The third-order valence-corrected chi connectivity index (χ3v) is 17.2. The molecule has 0 aliphatic carbocycles. The van der Waals surface area contributed by atoms with Gasteiger partial charge in [-0.25, -0.2) is 14.4 Å². The minimum Gasteiger partial charge on any atom is -0.506 e. The summed E-state index contributed by atoms with van der Waals surface area (Å²) in [4.78, 5) is 50.3. The Labute approximate surface area is 537 Å². The van der Waals surface area contributed by atoms with Crippen LogP contribution in [0, 0.1) is 0 Å². The lowest BCUT2D eigenvalue weighted by atomic mass is 9.94. The van der Waals surface area contributed by atoms with Gasteiger partial charge in [0.05, 0.1) is 54.4 Å². The molecule has 16 heteroatoms. The molecule has 3 saturated heterocycles. The summed E-state index contributed by atoms with van der Waals surface area (Å²) in [6.07, 6.45) is 0.0861. The lowest BCUT2D eigenvalue weighted by Crippen LogP contribution is -2.55. The van der Waals surface area contributed by atoms with Crippen molar-refractivity contribution in [3.63, 3.8) is 0 Å². The second-order valence-corrected chi connectivity index (χ2v) is 23.6. The van der Waals surface area contributed by atoms with Gasteiger partial charge in [-0.3, -0.25) is 23.5 Å². The van der Waals surface area contributed by atoms with E-state index in [0.29, 0.717) is 30.7 Å². The molecular formula is C77H73N9O7. The average molecular weight is 1240 g/mol. The Morgan fingerprint density at radius 2 is 0.677 bits per heavy atom. The molecule has 0 radical (unpaired) electrons. The molecule has 13 aromatic rings. The van der Waals surface area contributed by atoms with Crippen LogP contribution in [0.5, 0.6) is 17.2 Å². The lowest BCUT2D eigenvalue weighted by molar-refractivity contribution is -0.0160. The zero-order chi connectivity index (χ0) is 63.5. The number of nitrogens with zero attached hydrogens (tertiary/aromatic N) is 5. The van der Waals surface area contributed by atoms with Crippen LogP contribution in [0.3, 0.4) is 0 Å². The van der Waals surface area contributed by atoms with E-state index in [0.717, 1.165) is 89.5 Å². The summed E-state index contributed by atoms with van der Waals surface area (Å²) in [5.74, 6) is 1.57. The Bertz CT molecular complexity index is 4640. The van der Waals surface area contributed by atoms with E-state index in [1.807, 2.05) is 146 Å². The molecule has 10 aromatic carbocycles. The van der Waals surface area contributed by atoms with Gasteiger partial charge in [0, 0.05) is 39.3 Å². The summed E-state index contributed by atoms with van der Waals surface area (Å²) < 4.78 is 17.5. The SMILES string of the molecule is O=c1[nH]c2c(O)cccc2n1Cc1ccccc1.O=c1[nH]c2c(OC3CN(C(c4ccccc4)c4ccccc4)C3)cccc2n1Cc1ccccc1.O=c1[nH]c2c(OC3CNC3)cccc2n1Cc1ccccc1.OC1CN(C(c2ccccc2)c2ccccc2)C1. The van der Waals surface area contributed by atoms with Crippen molar-refractivity contribution in [3.05, 3.63) is 337 Å². The Morgan fingerprint density at radius 3 is 1.02 bits per heavy atom. The van der Waals surface area contributed by atoms with Gasteiger partial charge in [0.25, 0.3) is 0 Å². The fourth-order valence-electron chi connectivity index (χ4n) is 12.4. The third kappa shape index (κ3) is 14.2. The predicted octanol–water partition coefficient (Wildman–Crippen LogP) is 11.5. The highest BCUT2D eigenvalue weighted by Crippen LogP contribution is 2.36. The number of fused-ring (bicyclic) bond motifs is 3. The number of hydrogen-bond acceptors (Lipinski definition) is 10. The first kappa shape index (κ1) is 61.1. The van der Waals surface area contributed by atoms with Crippen LogP contribution in [0.1, 0.15) is 51.0 Å². The van der Waals surface area contributed by atoms with Crippen LogP contribution in [0.2, 0.25) is 0 Å². The molecule has 3 aromatic heterocycles. The maximum absolute atomic E-state index is 12.8. The Hall–Kier alpha value is -10.8. The second-order valence-electron chi connectivity index (χ2n) is 23.6. The predicted molar refractivity (Wildman–Crippen MR) is 366 cm³/mol. The highest BCUT2D eigenvalue weighted by atomic mass is 16.5. The number of phenols is 1. The summed E-state index contributed by atoms with van der Waals surface area (Å²) in [5.41, 5.74) is 12.4. The molecule has 16 nitrogen and oxygen atoms in total. The van der Waals surface area contributed by atoms with Gasteiger partial charge in [0.1, 0.15) is 46.0 Å². The minimum absolute atomic E-state index is 0.0662. The first-order chi connectivity index (χ1) is 45.7. The van der Waals surface area contributed by atoms with E-state index in [1.165, 1.54) is 22.3 Å². The molecule has 16 rings (SSSR count). The number of aromatic hydroxyl groups is 1. The van der Waals surface area contributed by atoms with Crippen molar-refractivity contribution in [1.82, 2.24) is 43.8 Å². The molecule has 0 amide bonds. The van der Waals surface area contributed by atoms with Gasteiger partial charge in [-0.2, -0.15) is 0 Å². The molecule has 3 aliphatic rings. The number of aromatic nitrogens is 6. The Kier molecular flexibility index (Phi) is 18.8. The highest BCUT2D eigenvalue weighted by molar-refractivity contribution is 5.83. The number of likely N-dealkylation sites (tertiary alicyclic amines) is 2. The maximum atomic E-state index is 12.8. The summed E-state index contributed by atoms with van der Waals surface area (Å²) in [7, 11) is 0. The molecule has 468 valence electrons. The number of aliphatic hydroxyl groups is 1. The van der Waals surface area contributed by atoms with E-state index < -0.39 is 0 Å². The van der Waals surface area contributed by atoms with Crippen molar-refractivity contribution in [2.75, 3.05) is 39.3 Å². The van der Waals surface area contributed by atoms with Crippen LogP contribution in [0.25, 0.3) is 33.1 Å². The molecule has 0 bridgehead atoms. The number of aromatic amines is 3. The molecule has 3 fully saturated rings. The highest BCUT2D eigenvalue weighted by Gasteiger charge is 2.36. The summed E-state index contributed by atoms with van der Waals surface area (Å²) in [6, 6.07) is 89.2. The molecule has 0 saturated carbocycles. The Balaban J connectivity index is 0.000000118. The van der Waals surface area contributed by atoms with Gasteiger partial charge in [-0.05, 0) is 75.3 Å². The van der Waals surface area contributed by atoms with Crippen LogP contribution >= 0.6 is 0 Å². The number of rotatable bonds is 16. The normalized spacial score (nSPS) is 14.3. The summed E-state index contributed by atoms with van der Waals surface area (Å²) >= 11 is 0. The molecule has 6 N–H and O–H groups in total. The van der Waals surface area contributed by atoms with Crippen LogP contribution in [0.15, 0.2) is 281 Å². The summed E-state index contributed by atoms with van der Waals surface area (Å²) in [6.45, 7) is 6.42. The number of benzene rings is 10. The largest absolute Gasteiger partial charge is 0.506 e. The fourth-order valence-corrected chi connectivity index (χ4v) is 12.4. The minimum atomic E-state index is -0.213. The molecule has 6 heterocycles. The molecule has 0 unspecified atom stereocenters. The maximum Gasteiger partial charge on any atom is 0.326 e. The number of aliphatic hydroxyl groups excluding tert-OH is 1. The first-order valence-electron chi connectivity index (χ1n) is 31.5. The quantitative estimate of drug-likeness (QED) is 0.0543. The van der Waals surface area contributed by atoms with E-state index in [9.17, 15) is 24.6 Å². The fraction of sp³-hybridized carbons (Fsp3) is 0.182. The van der Waals surface area contributed by atoms with Gasteiger partial charge in [0.15, 0.2) is 0 Å². The van der Waals surface area contributed by atoms with Crippen molar-refractivity contribution in [2.45, 2.75) is 50.0 Å². The topological polar surface area (TPSA) is 191 Å². The van der Waals surface area contributed by atoms with Crippen LogP contribution in [0.4, 0.5) is 0 Å². The van der Waals surface area contributed by atoms with Crippen molar-refractivity contribution >= 4 is 33.1 Å². The van der Waals surface area contributed by atoms with E-state index in [4.69, 9.17) is 9.47 Å². The van der Waals surface area contributed by atoms with Gasteiger partial charge in [-0.15, -0.1) is 0 Å². The Morgan fingerprint density at radius 1 is 0.366 bits per heavy atom. The van der Waals surface area contributed by atoms with Gasteiger partial charge in [-0.1, -0.05) is 231 Å². The molecule has 3 aliphatic heterocycles. The lowest BCUT2D eigenvalue weighted by Gasteiger charge is -2.44. The van der Waals surface area contributed by atoms with Crippen molar-refractivity contribution in [3.8, 4) is 17.2 Å². The number of nitrogens with one attached hydrogen (secondary N) is 4. The molecular weight excluding hydrogens is 1160 g/mol. The smallest absolute Gasteiger partial charge is 0.326 e. The monoisotopic (exact) mass is 1240 g/mol. The standard InChI is InChI=1S/C30H27N3O2.C17H17N3O2.C16H17NO.C14H12N2O2/c34-30-31-28-26(33(30)19-22-11-4-1-5-12-22)17-10-18-27(28)35-25-20-32(21-25)29(23-13-6-2-7-14-23)24-15-8-3-9-16-24;21-17-19-16-14(20(17)11-12-5-2-1-3-6-12)7-4-8-15(16)22-13-9-18-10-13;18-15-11-17(12-15)16(13-7-3-1-4-8-13)14-9-5-2-6-10-14;17-12-8-4-7-11-13(12)15-14(18)16(11)9-10-5-2-1-3-6-10/h1-18,25,29H,19-21H2,(H,31,34);1-8,13,18H,9-11H2,(H,19,21);1-10,15-16,18H,11-12H2;1-8,17H,9H2,(H,15,18). The van der Waals surface area contributed by atoms with Gasteiger partial charge in [0.2, 0.25) is 0 Å². The van der Waals surface area contributed by atoms with Gasteiger partial charge >= 0.3 is 17.1 Å². The molecule has 93 heavy (non-hydrogen) atoms. The van der Waals surface area contributed by atoms with Crippen molar-refractivity contribution < 1.29 is 19.7 Å². The number of phenolic OH excluding ortho intramolecular Hbond substituents is 1. The zero-order valence-corrected chi connectivity index (χ0v) is 51.3. The van der Waals surface area contributed by atoms with Crippen LogP contribution < -0.4 is 31.9 Å². The number of β-amino-alcohol motifs (C(OH)–C–C–N with tert-alkyl or cyclic N) is 1. The number of imidazole rings is 3. The number of para-hydroxylation sites is 3. The van der Waals surface area contributed by atoms with E-state index >= 15 is 0 Å². The van der Waals surface area contributed by atoms with E-state index in [2.05, 4.69) is 139 Å². The van der Waals surface area contributed by atoms with E-state index in [-0.39, 0.29) is 53.2 Å². The second kappa shape index (κ2) is 28.6. The van der Waals surface area contributed by atoms with Crippen LogP contribution in [-0.2, 0) is 19.6 Å².